The first-order chi connectivity index (χ1) is 12.2. The van der Waals surface area contributed by atoms with Gasteiger partial charge in [0.15, 0.2) is 0 Å². The number of amides is 2. The van der Waals surface area contributed by atoms with Crippen LogP contribution in [0.3, 0.4) is 0 Å². The maximum Gasteiger partial charge on any atom is 0.251 e. The van der Waals surface area contributed by atoms with Gasteiger partial charge in [-0.05, 0) is 56.5 Å². The molecule has 25 heavy (non-hydrogen) atoms. The molecule has 0 bridgehead atoms. The Morgan fingerprint density at radius 2 is 1.88 bits per heavy atom. The smallest absolute Gasteiger partial charge is 0.251 e. The molecule has 2 heterocycles. The fourth-order valence-corrected chi connectivity index (χ4v) is 3.93. The van der Waals surface area contributed by atoms with Crippen molar-refractivity contribution < 1.29 is 14.3 Å². The quantitative estimate of drug-likeness (QED) is 0.743. The van der Waals surface area contributed by atoms with Crippen LogP contribution < -0.4 is 9.64 Å². The fraction of sp³-hybridized carbons (Fsp3) is 0.600. The molecule has 0 aromatic heterocycles. The standard InChI is InChI=1S/C20H28N2O3/c1-3-13-25-17-10-8-16(9-11-17)22-19(23)14-18(20(22)24)21-12-6-5-7-15(21)4-2/h8-11,15,18H,3-7,12-14H2,1-2H3/t15-,18+/m1/s1. The second kappa shape index (κ2) is 8.00. The number of hydrogen-bond donors (Lipinski definition) is 0. The van der Waals surface area contributed by atoms with E-state index in [0.717, 1.165) is 38.0 Å². The summed E-state index contributed by atoms with van der Waals surface area (Å²) >= 11 is 0. The van der Waals surface area contributed by atoms with Gasteiger partial charge in [-0.2, -0.15) is 0 Å². The zero-order valence-electron chi connectivity index (χ0n) is 15.2. The third kappa shape index (κ3) is 3.71. The van der Waals surface area contributed by atoms with Crippen molar-refractivity contribution >= 4 is 17.5 Å². The lowest BCUT2D eigenvalue weighted by Gasteiger charge is -2.38. The molecule has 136 valence electrons. The predicted octanol–water partition coefficient (Wildman–Crippen LogP) is 3.37. The van der Waals surface area contributed by atoms with E-state index in [9.17, 15) is 9.59 Å². The van der Waals surface area contributed by atoms with Gasteiger partial charge in [-0.15, -0.1) is 0 Å². The minimum absolute atomic E-state index is 0.0763. The number of likely N-dealkylation sites (tertiary alicyclic amines) is 1. The zero-order valence-corrected chi connectivity index (χ0v) is 15.2. The Labute approximate surface area is 149 Å². The molecule has 2 atom stereocenters. The number of benzene rings is 1. The van der Waals surface area contributed by atoms with Crippen molar-refractivity contribution in [2.75, 3.05) is 18.1 Å². The molecule has 3 rings (SSSR count). The Morgan fingerprint density at radius 3 is 2.56 bits per heavy atom. The number of nitrogens with zero attached hydrogens (tertiary/aromatic N) is 2. The molecule has 5 heteroatoms. The third-order valence-corrected chi connectivity index (χ3v) is 5.23. The average Bonchev–Trinajstić information content (AvgIpc) is 2.94. The Kier molecular flexibility index (Phi) is 5.74. The molecule has 2 fully saturated rings. The van der Waals surface area contributed by atoms with Crippen LogP contribution in [0.15, 0.2) is 24.3 Å². The monoisotopic (exact) mass is 344 g/mol. The van der Waals surface area contributed by atoms with Gasteiger partial charge in [-0.1, -0.05) is 20.3 Å². The Hall–Kier alpha value is -1.88. The van der Waals surface area contributed by atoms with Crippen molar-refractivity contribution in [2.24, 2.45) is 0 Å². The first-order valence-corrected chi connectivity index (χ1v) is 9.51. The first kappa shape index (κ1) is 17.9. The van der Waals surface area contributed by atoms with E-state index in [4.69, 9.17) is 4.74 Å². The molecule has 0 N–H and O–H groups in total. The molecule has 5 nitrogen and oxygen atoms in total. The summed E-state index contributed by atoms with van der Waals surface area (Å²) in [5.41, 5.74) is 0.645. The summed E-state index contributed by atoms with van der Waals surface area (Å²) < 4.78 is 5.57. The van der Waals surface area contributed by atoms with E-state index in [1.807, 2.05) is 12.1 Å². The zero-order chi connectivity index (χ0) is 17.8. The number of carbonyl (C=O) groups is 2. The summed E-state index contributed by atoms with van der Waals surface area (Å²) in [7, 11) is 0. The van der Waals surface area contributed by atoms with E-state index < -0.39 is 0 Å². The number of rotatable bonds is 6. The van der Waals surface area contributed by atoms with Crippen molar-refractivity contribution in [3.63, 3.8) is 0 Å². The minimum atomic E-state index is -0.297. The average molecular weight is 344 g/mol. The molecule has 2 amide bonds. The molecule has 0 spiro atoms. The molecule has 1 aromatic carbocycles. The predicted molar refractivity (Wildman–Crippen MR) is 97.8 cm³/mol. The number of ether oxygens (including phenoxy) is 1. The Morgan fingerprint density at radius 1 is 1.12 bits per heavy atom. The highest BCUT2D eigenvalue weighted by Crippen LogP contribution is 2.31. The Bertz CT molecular complexity index is 614. The lowest BCUT2D eigenvalue weighted by atomic mass is 9.97. The molecule has 0 radical (unpaired) electrons. The largest absolute Gasteiger partial charge is 0.494 e. The van der Waals surface area contributed by atoms with Crippen molar-refractivity contribution in [1.82, 2.24) is 4.90 Å². The van der Waals surface area contributed by atoms with Crippen molar-refractivity contribution in [2.45, 2.75) is 64.5 Å². The van der Waals surface area contributed by atoms with E-state index in [1.54, 1.807) is 12.1 Å². The van der Waals surface area contributed by atoms with Crippen molar-refractivity contribution in [3.05, 3.63) is 24.3 Å². The van der Waals surface area contributed by atoms with E-state index in [1.165, 1.54) is 11.3 Å². The molecular formula is C20H28N2O3. The summed E-state index contributed by atoms with van der Waals surface area (Å²) in [6.07, 6.45) is 5.72. The molecule has 1 aromatic rings. The summed E-state index contributed by atoms with van der Waals surface area (Å²) in [5.74, 6) is 0.591. The van der Waals surface area contributed by atoms with Crippen molar-refractivity contribution in [3.8, 4) is 5.75 Å². The Balaban J connectivity index is 1.74. The highest BCUT2D eigenvalue weighted by Gasteiger charge is 2.44. The van der Waals surface area contributed by atoms with Crippen molar-refractivity contribution in [1.29, 1.82) is 0 Å². The van der Waals surface area contributed by atoms with Crippen LogP contribution in [0.2, 0.25) is 0 Å². The van der Waals surface area contributed by atoms with E-state index in [2.05, 4.69) is 18.7 Å². The van der Waals surface area contributed by atoms with Crippen LogP contribution in [-0.4, -0.2) is 41.9 Å². The van der Waals surface area contributed by atoms with Gasteiger partial charge in [-0.3, -0.25) is 14.5 Å². The molecule has 0 aliphatic carbocycles. The highest BCUT2D eigenvalue weighted by molar-refractivity contribution is 6.22. The lowest BCUT2D eigenvalue weighted by molar-refractivity contribution is -0.123. The molecular weight excluding hydrogens is 316 g/mol. The highest BCUT2D eigenvalue weighted by atomic mass is 16.5. The molecule has 0 saturated carbocycles. The number of hydrogen-bond acceptors (Lipinski definition) is 4. The maximum atomic E-state index is 13.0. The van der Waals surface area contributed by atoms with E-state index >= 15 is 0 Å². The van der Waals surface area contributed by atoms with E-state index in [0.29, 0.717) is 24.8 Å². The normalized spacial score (nSPS) is 24.8. The van der Waals surface area contributed by atoms with Gasteiger partial charge in [0.2, 0.25) is 5.91 Å². The van der Waals surface area contributed by atoms with Crippen LogP contribution in [0.4, 0.5) is 5.69 Å². The maximum absolute atomic E-state index is 13.0. The van der Waals surface area contributed by atoms with Crippen LogP contribution in [0.5, 0.6) is 5.75 Å². The van der Waals surface area contributed by atoms with Gasteiger partial charge in [0.25, 0.3) is 5.91 Å². The summed E-state index contributed by atoms with van der Waals surface area (Å²) in [5, 5.41) is 0. The SMILES string of the molecule is CCCOc1ccc(N2C(=O)C[C@H](N3CCCC[C@H]3CC)C2=O)cc1. The molecule has 0 unspecified atom stereocenters. The molecule has 2 saturated heterocycles. The number of piperidine rings is 1. The summed E-state index contributed by atoms with van der Waals surface area (Å²) in [6, 6.07) is 7.38. The van der Waals surface area contributed by atoms with Gasteiger partial charge in [0.05, 0.1) is 24.8 Å². The van der Waals surface area contributed by atoms with Gasteiger partial charge in [0, 0.05) is 6.04 Å². The topological polar surface area (TPSA) is 49.9 Å². The summed E-state index contributed by atoms with van der Waals surface area (Å²) in [6.45, 7) is 5.80. The molecule has 2 aliphatic rings. The third-order valence-electron chi connectivity index (χ3n) is 5.23. The number of carbonyl (C=O) groups excluding carboxylic acids is 2. The summed E-state index contributed by atoms with van der Waals surface area (Å²) in [4.78, 5) is 29.1. The first-order valence-electron chi connectivity index (χ1n) is 9.51. The van der Waals surface area contributed by atoms with Gasteiger partial charge < -0.3 is 4.74 Å². The van der Waals surface area contributed by atoms with Crippen LogP contribution >= 0.6 is 0 Å². The van der Waals surface area contributed by atoms with E-state index in [-0.39, 0.29) is 17.9 Å². The van der Waals surface area contributed by atoms with Gasteiger partial charge in [0.1, 0.15) is 5.75 Å². The van der Waals surface area contributed by atoms with Gasteiger partial charge >= 0.3 is 0 Å². The van der Waals surface area contributed by atoms with Gasteiger partial charge in [-0.25, -0.2) is 4.90 Å². The fourth-order valence-electron chi connectivity index (χ4n) is 3.93. The van der Waals surface area contributed by atoms with Crippen LogP contribution in [-0.2, 0) is 9.59 Å². The minimum Gasteiger partial charge on any atom is -0.494 e. The lowest BCUT2D eigenvalue weighted by Crippen LogP contribution is -2.49. The second-order valence-corrected chi connectivity index (χ2v) is 6.93. The number of anilines is 1. The van der Waals surface area contributed by atoms with Crippen LogP contribution in [0.1, 0.15) is 52.4 Å². The van der Waals surface area contributed by atoms with Crippen LogP contribution in [0, 0.1) is 0 Å². The van der Waals surface area contributed by atoms with Crippen LogP contribution in [0.25, 0.3) is 0 Å². The molecule has 2 aliphatic heterocycles. The number of imide groups is 1. The second-order valence-electron chi connectivity index (χ2n) is 6.93.